The summed E-state index contributed by atoms with van der Waals surface area (Å²) in [5.41, 5.74) is 1.10. The predicted molar refractivity (Wildman–Crippen MR) is 53.2 cm³/mol. The molecule has 0 fully saturated rings. The Hall–Kier alpha value is -1.35. The highest BCUT2D eigenvalue weighted by Crippen LogP contribution is 2.08. The first kappa shape index (κ1) is 10.7. The first-order valence-corrected chi connectivity index (χ1v) is 4.51. The van der Waals surface area contributed by atoms with Crippen molar-refractivity contribution in [1.82, 2.24) is 0 Å². The van der Waals surface area contributed by atoms with Crippen LogP contribution in [0.3, 0.4) is 0 Å². The van der Waals surface area contributed by atoms with Gasteiger partial charge in [0, 0.05) is 7.11 Å². The van der Waals surface area contributed by atoms with Crippen LogP contribution in [0.15, 0.2) is 30.3 Å². The highest BCUT2D eigenvalue weighted by molar-refractivity contribution is 5.67. The summed E-state index contributed by atoms with van der Waals surface area (Å²) in [6, 6.07) is 9.73. The number of carboxylic acid groups (broad SMARTS) is 1. The zero-order chi connectivity index (χ0) is 10.4. The Morgan fingerprint density at radius 1 is 1.43 bits per heavy atom. The number of benzene rings is 1. The largest absolute Gasteiger partial charge is 0.481 e. The normalized spacial score (nSPS) is 12.4. The third-order valence-corrected chi connectivity index (χ3v) is 2.04. The second-order valence-electron chi connectivity index (χ2n) is 3.15. The maximum atomic E-state index is 10.5. The first-order chi connectivity index (χ1) is 6.72. The molecule has 1 rings (SSSR count). The van der Waals surface area contributed by atoms with Crippen molar-refractivity contribution in [3.8, 4) is 0 Å². The van der Waals surface area contributed by atoms with Gasteiger partial charge in [0.25, 0.3) is 0 Å². The van der Waals surface area contributed by atoms with E-state index in [9.17, 15) is 4.79 Å². The average molecular weight is 194 g/mol. The summed E-state index contributed by atoms with van der Waals surface area (Å²) in [5, 5.41) is 8.61. The van der Waals surface area contributed by atoms with Gasteiger partial charge >= 0.3 is 5.97 Å². The number of aliphatic carboxylic acids is 1. The molecule has 0 aliphatic carbocycles. The van der Waals surface area contributed by atoms with Crippen LogP contribution in [-0.4, -0.2) is 24.3 Å². The second kappa shape index (κ2) is 5.40. The van der Waals surface area contributed by atoms with Gasteiger partial charge in [0.15, 0.2) is 0 Å². The standard InChI is InChI=1S/C11H14O3/c1-14-10(8-11(12)13)7-9-5-3-2-4-6-9/h2-6,10H,7-8H2,1H3,(H,12,13). The van der Waals surface area contributed by atoms with E-state index in [1.165, 1.54) is 7.11 Å². The molecule has 1 unspecified atom stereocenters. The van der Waals surface area contributed by atoms with Gasteiger partial charge in [-0.05, 0) is 12.0 Å². The lowest BCUT2D eigenvalue weighted by Crippen LogP contribution is -2.18. The Labute approximate surface area is 83.3 Å². The Kier molecular flexibility index (Phi) is 4.13. The van der Waals surface area contributed by atoms with Crippen molar-refractivity contribution < 1.29 is 14.6 Å². The Morgan fingerprint density at radius 3 is 2.57 bits per heavy atom. The summed E-state index contributed by atoms with van der Waals surface area (Å²) >= 11 is 0. The minimum Gasteiger partial charge on any atom is -0.481 e. The van der Waals surface area contributed by atoms with Gasteiger partial charge in [0.1, 0.15) is 0 Å². The van der Waals surface area contributed by atoms with Gasteiger partial charge < -0.3 is 9.84 Å². The molecule has 14 heavy (non-hydrogen) atoms. The molecule has 1 aromatic carbocycles. The molecule has 1 aromatic rings. The lowest BCUT2D eigenvalue weighted by atomic mass is 10.1. The zero-order valence-corrected chi connectivity index (χ0v) is 8.14. The van der Waals surface area contributed by atoms with Crippen LogP contribution in [0.1, 0.15) is 12.0 Å². The lowest BCUT2D eigenvalue weighted by molar-refractivity contribution is -0.139. The smallest absolute Gasteiger partial charge is 0.305 e. The molecule has 0 saturated heterocycles. The van der Waals surface area contributed by atoms with E-state index in [0.717, 1.165) is 5.56 Å². The molecule has 0 aliphatic heterocycles. The first-order valence-electron chi connectivity index (χ1n) is 4.51. The van der Waals surface area contributed by atoms with Gasteiger partial charge in [-0.25, -0.2) is 0 Å². The van der Waals surface area contributed by atoms with Crippen LogP contribution in [0.25, 0.3) is 0 Å². The third-order valence-electron chi connectivity index (χ3n) is 2.04. The summed E-state index contributed by atoms with van der Waals surface area (Å²) in [7, 11) is 1.54. The molecular formula is C11H14O3. The van der Waals surface area contributed by atoms with E-state index in [1.54, 1.807) is 0 Å². The van der Waals surface area contributed by atoms with Crippen molar-refractivity contribution in [2.75, 3.05) is 7.11 Å². The summed E-state index contributed by atoms with van der Waals surface area (Å²) in [6.07, 6.45) is 0.449. The highest BCUT2D eigenvalue weighted by atomic mass is 16.5. The number of carbonyl (C=O) groups is 1. The van der Waals surface area contributed by atoms with E-state index < -0.39 is 5.97 Å². The van der Waals surface area contributed by atoms with Crippen LogP contribution >= 0.6 is 0 Å². The van der Waals surface area contributed by atoms with E-state index in [4.69, 9.17) is 9.84 Å². The van der Waals surface area contributed by atoms with Crippen LogP contribution in [0.4, 0.5) is 0 Å². The zero-order valence-electron chi connectivity index (χ0n) is 8.14. The predicted octanol–water partition coefficient (Wildman–Crippen LogP) is 1.72. The van der Waals surface area contributed by atoms with Crippen molar-refractivity contribution >= 4 is 5.97 Å². The number of rotatable bonds is 5. The van der Waals surface area contributed by atoms with Crippen LogP contribution < -0.4 is 0 Å². The number of carboxylic acids is 1. The molecule has 1 N–H and O–H groups in total. The van der Waals surface area contributed by atoms with Crippen molar-refractivity contribution in [3.63, 3.8) is 0 Å². The van der Waals surface area contributed by atoms with Gasteiger partial charge in [-0.3, -0.25) is 4.79 Å². The minimum atomic E-state index is -0.826. The average Bonchev–Trinajstić information content (AvgIpc) is 2.17. The number of ether oxygens (including phenoxy) is 1. The summed E-state index contributed by atoms with van der Waals surface area (Å²) in [6.45, 7) is 0. The molecule has 0 bridgehead atoms. The molecule has 0 saturated carbocycles. The molecule has 0 radical (unpaired) electrons. The number of hydrogen-bond acceptors (Lipinski definition) is 2. The lowest BCUT2D eigenvalue weighted by Gasteiger charge is -2.12. The van der Waals surface area contributed by atoms with Crippen molar-refractivity contribution in [1.29, 1.82) is 0 Å². The molecule has 0 heterocycles. The fourth-order valence-electron chi connectivity index (χ4n) is 1.31. The molecular weight excluding hydrogens is 180 g/mol. The molecule has 3 heteroatoms. The topological polar surface area (TPSA) is 46.5 Å². The van der Waals surface area contributed by atoms with Gasteiger partial charge in [0.2, 0.25) is 0 Å². The van der Waals surface area contributed by atoms with E-state index in [1.807, 2.05) is 30.3 Å². The summed E-state index contributed by atoms with van der Waals surface area (Å²) in [5.74, 6) is -0.826. The molecule has 0 amide bonds. The maximum Gasteiger partial charge on any atom is 0.305 e. The van der Waals surface area contributed by atoms with Crippen molar-refractivity contribution in [3.05, 3.63) is 35.9 Å². The Bertz CT molecular complexity index is 282. The van der Waals surface area contributed by atoms with E-state index in [2.05, 4.69) is 0 Å². The quantitative estimate of drug-likeness (QED) is 0.776. The van der Waals surface area contributed by atoms with Crippen molar-refractivity contribution in [2.45, 2.75) is 18.9 Å². The maximum absolute atomic E-state index is 10.5. The van der Waals surface area contributed by atoms with Crippen molar-refractivity contribution in [2.24, 2.45) is 0 Å². The fourth-order valence-corrected chi connectivity index (χ4v) is 1.31. The van der Waals surface area contributed by atoms with Crippen LogP contribution in [0.5, 0.6) is 0 Å². The van der Waals surface area contributed by atoms with Crippen LogP contribution in [0.2, 0.25) is 0 Å². The fraction of sp³-hybridized carbons (Fsp3) is 0.364. The second-order valence-corrected chi connectivity index (χ2v) is 3.15. The Morgan fingerprint density at radius 2 is 2.07 bits per heavy atom. The molecule has 1 atom stereocenters. The Balaban J connectivity index is 2.53. The monoisotopic (exact) mass is 194 g/mol. The van der Waals surface area contributed by atoms with E-state index >= 15 is 0 Å². The molecule has 0 aromatic heterocycles. The van der Waals surface area contributed by atoms with E-state index in [0.29, 0.717) is 6.42 Å². The summed E-state index contributed by atoms with van der Waals surface area (Å²) in [4.78, 5) is 10.5. The molecule has 0 aliphatic rings. The third kappa shape index (κ3) is 3.58. The molecule has 0 spiro atoms. The van der Waals surface area contributed by atoms with Crippen LogP contribution in [0, 0.1) is 0 Å². The number of methoxy groups -OCH3 is 1. The van der Waals surface area contributed by atoms with E-state index in [-0.39, 0.29) is 12.5 Å². The highest BCUT2D eigenvalue weighted by Gasteiger charge is 2.12. The minimum absolute atomic E-state index is 0.0470. The van der Waals surface area contributed by atoms with Gasteiger partial charge in [0.05, 0.1) is 12.5 Å². The van der Waals surface area contributed by atoms with Gasteiger partial charge in [-0.1, -0.05) is 30.3 Å². The molecule has 3 nitrogen and oxygen atoms in total. The van der Waals surface area contributed by atoms with Gasteiger partial charge in [-0.15, -0.1) is 0 Å². The van der Waals surface area contributed by atoms with Gasteiger partial charge in [-0.2, -0.15) is 0 Å². The summed E-state index contributed by atoms with van der Waals surface area (Å²) < 4.78 is 5.08. The number of hydrogen-bond donors (Lipinski definition) is 1. The molecule has 76 valence electrons. The van der Waals surface area contributed by atoms with Crippen LogP contribution in [-0.2, 0) is 16.0 Å². The SMILES string of the molecule is COC(CC(=O)O)Cc1ccccc1.